The number of anilines is 1. The molecule has 1 aromatic heterocycles. The highest BCUT2D eigenvalue weighted by Crippen LogP contribution is 2.31. The zero-order chi connectivity index (χ0) is 18.6. The summed E-state index contributed by atoms with van der Waals surface area (Å²) in [6.45, 7) is 0. The lowest BCUT2D eigenvalue weighted by molar-refractivity contribution is -0.115. The number of nitrogens with one attached hydrogen (secondary N) is 1. The van der Waals surface area contributed by atoms with Crippen LogP contribution in [0.5, 0.6) is 5.75 Å². The van der Waals surface area contributed by atoms with E-state index in [4.69, 9.17) is 9.15 Å². The monoisotopic (exact) mass is 381 g/mol. The summed E-state index contributed by atoms with van der Waals surface area (Å²) >= 11 is 1.32. The lowest BCUT2D eigenvalue weighted by Crippen LogP contribution is -2.23. The molecule has 2 aromatic carbocycles. The van der Waals surface area contributed by atoms with Crippen molar-refractivity contribution < 1.29 is 13.9 Å². The number of rotatable bonds is 5. The van der Waals surface area contributed by atoms with Crippen LogP contribution in [-0.2, 0) is 17.6 Å². The SMILES string of the molecule is COc1ccc(Cc2nnc(S[C@@H]3CCc4ccccc4NC3=O)o2)cc1. The molecular formula is C20H19N3O3S. The highest BCUT2D eigenvalue weighted by atomic mass is 32.2. The molecule has 27 heavy (non-hydrogen) atoms. The number of nitrogens with zero attached hydrogens (tertiary/aromatic N) is 2. The van der Waals surface area contributed by atoms with Gasteiger partial charge in [-0.1, -0.05) is 42.1 Å². The molecule has 1 atom stereocenters. The predicted molar refractivity (Wildman–Crippen MR) is 103 cm³/mol. The lowest BCUT2D eigenvalue weighted by Gasteiger charge is -2.09. The van der Waals surface area contributed by atoms with Crippen LogP contribution in [0.3, 0.4) is 0 Å². The molecule has 2 heterocycles. The van der Waals surface area contributed by atoms with Gasteiger partial charge >= 0.3 is 0 Å². The third kappa shape index (κ3) is 4.14. The summed E-state index contributed by atoms with van der Waals surface area (Å²) in [4.78, 5) is 12.5. The van der Waals surface area contributed by atoms with Gasteiger partial charge in [0.15, 0.2) is 0 Å². The van der Waals surface area contributed by atoms with Gasteiger partial charge in [0.1, 0.15) is 5.75 Å². The molecule has 1 aliphatic heterocycles. The first-order valence-electron chi connectivity index (χ1n) is 8.72. The van der Waals surface area contributed by atoms with Crippen molar-refractivity contribution in [2.24, 2.45) is 0 Å². The Morgan fingerprint density at radius 1 is 1.19 bits per heavy atom. The topological polar surface area (TPSA) is 77.3 Å². The van der Waals surface area contributed by atoms with Crippen molar-refractivity contribution in [3.63, 3.8) is 0 Å². The van der Waals surface area contributed by atoms with Crippen LogP contribution in [-0.4, -0.2) is 28.5 Å². The number of methoxy groups -OCH3 is 1. The zero-order valence-electron chi connectivity index (χ0n) is 14.8. The standard InChI is InChI=1S/C20H19N3O3S/c1-25-15-9-6-13(7-10-15)12-18-22-23-20(26-18)27-17-11-8-14-4-2-3-5-16(14)21-19(17)24/h2-7,9-10,17H,8,11-12H2,1H3,(H,21,24)/t17-/m1/s1. The maximum Gasteiger partial charge on any atom is 0.277 e. The first-order valence-corrected chi connectivity index (χ1v) is 9.60. The molecule has 0 aliphatic carbocycles. The van der Waals surface area contributed by atoms with Crippen LogP contribution in [0, 0.1) is 0 Å². The van der Waals surface area contributed by atoms with Crippen LogP contribution < -0.4 is 10.1 Å². The smallest absolute Gasteiger partial charge is 0.277 e. The Morgan fingerprint density at radius 2 is 2.00 bits per heavy atom. The Morgan fingerprint density at radius 3 is 2.81 bits per heavy atom. The minimum absolute atomic E-state index is 0.0279. The van der Waals surface area contributed by atoms with Crippen molar-refractivity contribution in [3.05, 3.63) is 65.5 Å². The molecule has 1 amide bonds. The Hall–Kier alpha value is -2.80. The van der Waals surface area contributed by atoms with Crippen molar-refractivity contribution in [2.75, 3.05) is 12.4 Å². The van der Waals surface area contributed by atoms with Crippen LogP contribution in [0.4, 0.5) is 5.69 Å². The normalized spacial score (nSPS) is 16.3. The van der Waals surface area contributed by atoms with E-state index in [0.29, 0.717) is 17.5 Å². The average molecular weight is 381 g/mol. The molecule has 7 heteroatoms. The van der Waals surface area contributed by atoms with E-state index in [-0.39, 0.29) is 11.2 Å². The van der Waals surface area contributed by atoms with Gasteiger partial charge in [0.25, 0.3) is 5.22 Å². The number of amides is 1. The minimum atomic E-state index is -0.258. The molecule has 0 spiro atoms. The molecule has 1 N–H and O–H groups in total. The summed E-state index contributed by atoms with van der Waals surface area (Å²) in [6.07, 6.45) is 2.10. The van der Waals surface area contributed by atoms with Crippen molar-refractivity contribution >= 4 is 23.4 Å². The average Bonchev–Trinajstić information content (AvgIpc) is 3.06. The van der Waals surface area contributed by atoms with Crippen LogP contribution in [0.1, 0.15) is 23.4 Å². The second kappa shape index (κ2) is 7.84. The number of ether oxygens (including phenoxy) is 1. The number of carbonyl (C=O) groups is 1. The molecular weight excluding hydrogens is 362 g/mol. The van der Waals surface area contributed by atoms with E-state index >= 15 is 0 Å². The second-order valence-electron chi connectivity index (χ2n) is 6.28. The van der Waals surface area contributed by atoms with Gasteiger partial charge in [-0.25, -0.2) is 0 Å². The highest BCUT2D eigenvalue weighted by Gasteiger charge is 2.26. The maximum absolute atomic E-state index is 12.5. The van der Waals surface area contributed by atoms with E-state index in [9.17, 15) is 4.79 Å². The van der Waals surface area contributed by atoms with Gasteiger partial charge in [-0.05, 0) is 42.2 Å². The number of thioether (sulfide) groups is 1. The van der Waals surface area contributed by atoms with E-state index in [2.05, 4.69) is 15.5 Å². The summed E-state index contributed by atoms with van der Waals surface area (Å²) in [5, 5.41) is 11.4. The number of hydrogen-bond donors (Lipinski definition) is 1. The largest absolute Gasteiger partial charge is 0.497 e. The number of para-hydroxylation sites is 1. The molecule has 1 aliphatic rings. The zero-order valence-corrected chi connectivity index (χ0v) is 15.7. The first-order chi connectivity index (χ1) is 13.2. The Bertz CT molecular complexity index is 940. The van der Waals surface area contributed by atoms with Gasteiger partial charge in [-0.15, -0.1) is 10.2 Å². The first kappa shape index (κ1) is 17.6. The fourth-order valence-electron chi connectivity index (χ4n) is 3.00. The van der Waals surface area contributed by atoms with Gasteiger partial charge in [0.2, 0.25) is 11.8 Å². The quantitative estimate of drug-likeness (QED) is 0.726. The molecule has 0 radical (unpaired) electrons. The number of hydrogen-bond acceptors (Lipinski definition) is 6. The Balaban J connectivity index is 1.41. The number of fused-ring (bicyclic) bond motifs is 1. The fourth-order valence-corrected chi connectivity index (χ4v) is 3.88. The summed E-state index contributed by atoms with van der Waals surface area (Å²) in [6, 6.07) is 15.6. The molecule has 0 saturated carbocycles. The molecule has 0 saturated heterocycles. The van der Waals surface area contributed by atoms with Crippen molar-refractivity contribution in [1.82, 2.24) is 10.2 Å². The summed E-state index contributed by atoms with van der Waals surface area (Å²) in [7, 11) is 1.64. The van der Waals surface area contributed by atoms with Crippen molar-refractivity contribution in [1.29, 1.82) is 0 Å². The fraction of sp³-hybridized carbons (Fsp3) is 0.250. The third-order valence-electron chi connectivity index (χ3n) is 4.45. The van der Waals surface area contributed by atoms with Crippen LogP contribution >= 0.6 is 11.8 Å². The van der Waals surface area contributed by atoms with Crippen molar-refractivity contribution in [3.8, 4) is 5.75 Å². The maximum atomic E-state index is 12.5. The van der Waals surface area contributed by atoms with Crippen LogP contribution in [0.25, 0.3) is 0 Å². The van der Waals surface area contributed by atoms with Gasteiger partial charge in [-0.2, -0.15) is 0 Å². The summed E-state index contributed by atoms with van der Waals surface area (Å²) in [5.74, 6) is 1.31. The summed E-state index contributed by atoms with van der Waals surface area (Å²) < 4.78 is 10.9. The highest BCUT2D eigenvalue weighted by molar-refractivity contribution is 8.00. The molecule has 6 nitrogen and oxygen atoms in total. The predicted octanol–water partition coefficient (Wildman–Crippen LogP) is 3.71. The van der Waals surface area contributed by atoms with Crippen molar-refractivity contribution in [2.45, 2.75) is 29.7 Å². The van der Waals surface area contributed by atoms with Gasteiger partial charge in [0.05, 0.1) is 18.8 Å². The third-order valence-corrected chi connectivity index (χ3v) is 5.55. The Kier molecular flexibility index (Phi) is 5.11. The van der Waals surface area contributed by atoms with Gasteiger partial charge in [0, 0.05) is 5.69 Å². The number of aryl methyl sites for hydroxylation is 1. The second-order valence-corrected chi connectivity index (χ2v) is 7.43. The van der Waals surface area contributed by atoms with E-state index in [0.717, 1.165) is 35.4 Å². The van der Waals surface area contributed by atoms with Gasteiger partial charge in [-0.3, -0.25) is 4.79 Å². The van der Waals surface area contributed by atoms with E-state index in [1.54, 1.807) is 7.11 Å². The van der Waals surface area contributed by atoms with Crippen LogP contribution in [0.15, 0.2) is 58.2 Å². The number of benzene rings is 2. The number of carbonyl (C=O) groups excluding carboxylic acids is 1. The molecule has 0 fully saturated rings. The van der Waals surface area contributed by atoms with Crippen LogP contribution in [0.2, 0.25) is 0 Å². The molecule has 4 rings (SSSR count). The Labute approximate surface area is 161 Å². The number of aromatic nitrogens is 2. The molecule has 138 valence electrons. The molecule has 3 aromatic rings. The lowest BCUT2D eigenvalue weighted by atomic mass is 10.1. The molecule has 0 unspecified atom stereocenters. The van der Waals surface area contributed by atoms with E-state index in [1.807, 2.05) is 48.5 Å². The van der Waals surface area contributed by atoms with E-state index < -0.39 is 0 Å². The molecule has 0 bridgehead atoms. The minimum Gasteiger partial charge on any atom is -0.497 e. The summed E-state index contributed by atoms with van der Waals surface area (Å²) in [5.41, 5.74) is 3.09. The van der Waals surface area contributed by atoms with E-state index in [1.165, 1.54) is 11.8 Å². The van der Waals surface area contributed by atoms with Gasteiger partial charge < -0.3 is 14.5 Å².